The molecule has 1 aliphatic heterocycles. The quantitative estimate of drug-likeness (QED) is 0.679. The Hall–Kier alpha value is -1.26. The van der Waals surface area contributed by atoms with Gasteiger partial charge in [0, 0.05) is 12.5 Å². The highest BCUT2D eigenvalue weighted by molar-refractivity contribution is 5.89. The van der Waals surface area contributed by atoms with E-state index in [0.29, 0.717) is 0 Å². The summed E-state index contributed by atoms with van der Waals surface area (Å²) in [4.78, 5) is 27.6. The van der Waals surface area contributed by atoms with Crippen molar-refractivity contribution in [3.05, 3.63) is 0 Å². The Morgan fingerprint density at radius 2 is 1.63 bits per heavy atom. The van der Waals surface area contributed by atoms with Crippen LogP contribution >= 0.6 is 0 Å². The molecule has 1 fully saturated rings. The van der Waals surface area contributed by atoms with E-state index in [1.54, 1.807) is 23.8 Å². The van der Waals surface area contributed by atoms with Crippen molar-refractivity contribution in [2.45, 2.75) is 66.3 Å². The predicted molar refractivity (Wildman–Crippen MR) is 73.5 cm³/mol. The van der Waals surface area contributed by atoms with Crippen LogP contribution in [0.5, 0.6) is 0 Å². The zero-order chi connectivity index (χ0) is 15.2. The molecule has 2 atom stereocenters. The molecule has 1 heterocycles. The average Bonchev–Trinajstić information content (AvgIpc) is 2.39. The highest BCUT2D eigenvalue weighted by Gasteiger charge is 2.50. The topological polar surface area (TPSA) is 49.9 Å². The summed E-state index contributed by atoms with van der Waals surface area (Å²) in [5.41, 5.74) is -0.796. The number of likely N-dealkylation sites (N-methyl/N-ethyl adjacent to an activating group) is 1. The minimum Gasteiger partial charge on any atom is -0.444 e. The van der Waals surface area contributed by atoms with Crippen molar-refractivity contribution in [3.63, 3.8) is 0 Å². The van der Waals surface area contributed by atoms with Crippen molar-refractivity contribution in [2.24, 2.45) is 5.41 Å². The fourth-order valence-electron chi connectivity index (χ4n) is 2.50. The molecule has 2 amide bonds. The normalized spacial score (nSPS) is 24.9. The van der Waals surface area contributed by atoms with Gasteiger partial charge in [-0.2, -0.15) is 0 Å². The molecule has 0 aromatic rings. The first-order chi connectivity index (χ1) is 8.36. The van der Waals surface area contributed by atoms with E-state index in [-0.39, 0.29) is 17.5 Å². The summed E-state index contributed by atoms with van der Waals surface area (Å²) in [6.07, 6.45) is -0.720. The van der Waals surface area contributed by atoms with Crippen molar-refractivity contribution in [1.29, 1.82) is 0 Å². The lowest BCUT2D eigenvalue weighted by Crippen LogP contribution is -2.51. The molecule has 1 aliphatic rings. The maximum absolute atomic E-state index is 12.3. The zero-order valence-corrected chi connectivity index (χ0v) is 13.3. The molecule has 0 bridgehead atoms. The summed E-state index contributed by atoms with van der Waals surface area (Å²) < 4.78 is 5.42. The molecule has 0 radical (unpaired) electrons. The third-order valence-corrected chi connectivity index (χ3v) is 3.13. The van der Waals surface area contributed by atoms with Gasteiger partial charge in [-0.25, -0.2) is 4.79 Å². The molecule has 0 aromatic heterocycles. The van der Waals surface area contributed by atoms with Crippen LogP contribution < -0.4 is 0 Å². The van der Waals surface area contributed by atoms with Crippen molar-refractivity contribution >= 4 is 12.0 Å². The zero-order valence-electron chi connectivity index (χ0n) is 13.3. The van der Waals surface area contributed by atoms with Gasteiger partial charge in [-0.3, -0.25) is 9.69 Å². The second kappa shape index (κ2) is 4.69. The van der Waals surface area contributed by atoms with E-state index in [1.807, 2.05) is 41.5 Å². The van der Waals surface area contributed by atoms with Gasteiger partial charge < -0.3 is 9.64 Å². The lowest BCUT2D eigenvalue weighted by atomic mass is 9.91. The Morgan fingerprint density at radius 3 is 2.00 bits per heavy atom. The SMILES string of the molecule is CC1C(=O)N(C)C(C(C)(C)C)N1C(=O)OC(C)(C)C. The lowest BCUT2D eigenvalue weighted by Gasteiger charge is -2.39. The standard InChI is InChI=1S/C14H26N2O3/c1-9-10(17)15(8)11(13(2,3)4)16(9)12(18)19-14(5,6)7/h9,11H,1-8H3. The molecular formula is C14H26N2O3. The molecule has 1 saturated heterocycles. The van der Waals surface area contributed by atoms with Crippen LogP contribution in [-0.2, 0) is 9.53 Å². The molecule has 0 aliphatic carbocycles. The molecule has 110 valence electrons. The van der Waals surface area contributed by atoms with Gasteiger partial charge in [-0.1, -0.05) is 20.8 Å². The van der Waals surface area contributed by atoms with Gasteiger partial charge in [0.2, 0.25) is 5.91 Å². The van der Waals surface area contributed by atoms with Crippen molar-refractivity contribution in [3.8, 4) is 0 Å². The summed E-state index contributed by atoms with van der Waals surface area (Å²) in [7, 11) is 1.74. The maximum Gasteiger partial charge on any atom is 0.412 e. The second-order valence-corrected chi connectivity index (χ2v) is 7.25. The van der Waals surface area contributed by atoms with Gasteiger partial charge in [-0.15, -0.1) is 0 Å². The summed E-state index contributed by atoms with van der Waals surface area (Å²) in [6.45, 7) is 13.2. The minimum atomic E-state index is -0.566. The molecule has 5 nitrogen and oxygen atoms in total. The number of hydrogen-bond donors (Lipinski definition) is 0. The van der Waals surface area contributed by atoms with E-state index in [0.717, 1.165) is 0 Å². The number of nitrogens with zero attached hydrogens (tertiary/aromatic N) is 2. The molecule has 19 heavy (non-hydrogen) atoms. The number of carbonyl (C=O) groups is 2. The summed E-state index contributed by atoms with van der Waals surface area (Å²) >= 11 is 0. The van der Waals surface area contributed by atoms with Crippen LogP contribution in [0.15, 0.2) is 0 Å². The van der Waals surface area contributed by atoms with E-state index < -0.39 is 17.7 Å². The fourth-order valence-corrected chi connectivity index (χ4v) is 2.50. The van der Waals surface area contributed by atoms with E-state index in [9.17, 15) is 9.59 Å². The number of rotatable bonds is 0. The number of ether oxygens (including phenoxy) is 1. The molecule has 0 saturated carbocycles. The molecule has 2 unspecified atom stereocenters. The van der Waals surface area contributed by atoms with Gasteiger partial charge in [0.15, 0.2) is 0 Å². The second-order valence-electron chi connectivity index (χ2n) is 7.25. The Morgan fingerprint density at radius 1 is 1.16 bits per heavy atom. The number of amides is 2. The van der Waals surface area contributed by atoms with Gasteiger partial charge >= 0.3 is 6.09 Å². The van der Waals surface area contributed by atoms with E-state index in [2.05, 4.69) is 0 Å². The van der Waals surface area contributed by atoms with Crippen LogP contribution in [-0.4, -0.2) is 46.7 Å². The maximum atomic E-state index is 12.3. The Bertz CT molecular complexity index is 379. The van der Waals surface area contributed by atoms with Crippen LogP contribution in [0.25, 0.3) is 0 Å². The molecule has 0 spiro atoms. The first-order valence-electron chi connectivity index (χ1n) is 6.64. The predicted octanol–water partition coefficient (Wildman–Crippen LogP) is 2.46. The third kappa shape index (κ3) is 3.19. The Labute approximate surface area is 115 Å². The van der Waals surface area contributed by atoms with Crippen molar-refractivity contribution in [1.82, 2.24) is 9.80 Å². The first kappa shape index (κ1) is 15.8. The minimum absolute atomic E-state index is 0.0502. The number of carbonyl (C=O) groups excluding carboxylic acids is 2. The van der Waals surface area contributed by atoms with E-state index >= 15 is 0 Å². The van der Waals surface area contributed by atoms with Crippen LogP contribution in [0.1, 0.15) is 48.5 Å². The first-order valence-corrected chi connectivity index (χ1v) is 6.64. The van der Waals surface area contributed by atoms with Gasteiger partial charge in [0.25, 0.3) is 0 Å². The van der Waals surface area contributed by atoms with Crippen LogP contribution in [0, 0.1) is 5.41 Å². The highest BCUT2D eigenvalue weighted by atomic mass is 16.6. The van der Waals surface area contributed by atoms with Crippen LogP contribution in [0.4, 0.5) is 4.79 Å². The third-order valence-electron chi connectivity index (χ3n) is 3.13. The monoisotopic (exact) mass is 270 g/mol. The Balaban J connectivity index is 3.08. The largest absolute Gasteiger partial charge is 0.444 e. The van der Waals surface area contributed by atoms with Gasteiger partial charge in [0.05, 0.1) is 0 Å². The van der Waals surface area contributed by atoms with Crippen LogP contribution in [0.3, 0.4) is 0 Å². The molecule has 0 N–H and O–H groups in total. The van der Waals surface area contributed by atoms with Gasteiger partial charge in [0.1, 0.15) is 17.8 Å². The summed E-state index contributed by atoms with van der Waals surface area (Å²) in [6, 6.07) is -0.482. The smallest absolute Gasteiger partial charge is 0.412 e. The molecule has 5 heteroatoms. The summed E-state index contributed by atoms with van der Waals surface area (Å²) in [5, 5.41) is 0. The average molecular weight is 270 g/mol. The van der Waals surface area contributed by atoms with Crippen molar-refractivity contribution in [2.75, 3.05) is 7.05 Å². The summed E-state index contributed by atoms with van der Waals surface area (Å²) in [5.74, 6) is -0.0502. The van der Waals surface area contributed by atoms with Crippen molar-refractivity contribution < 1.29 is 14.3 Å². The molecule has 1 rings (SSSR count). The van der Waals surface area contributed by atoms with E-state index in [4.69, 9.17) is 4.74 Å². The number of hydrogen-bond acceptors (Lipinski definition) is 3. The lowest BCUT2D eigenvalue weighted by molar-refractivity contribution is -0.129. The Kier molecular flexibility index (Phi) is 3.90. The fraction of sp³-hybridized carbons (Fsp3) is 0.857. The van der Waals surface area contributed by atoms with Crippen LogP contribution in [0.2, 0.25) is 0 Å². The van der Waals surface area contributed by atoms with Gasteiger partial charge in [-0.05, 0) is 27.7 Å². The molecular weight excluding hydrogens is 244 g/mol. The van der Waals surface area contributed by atoms with E-state index in [1.165, 1.54) is 0 Å². The highest BCUT2D eigenvalue weighted by Crippen LogP contribution is 2.34. The molecule has 0 aromatic carbocycles.